The number of hydrogen-bond acceptors (Lipinski definition) is 4. The molecule has 1 saturated carbocycles. The Kier molecular flexibility index (Phi) is 4.48. The van der Waals surface area contributed by atoms with Crippen LogP contribution in [0.2, 0.25) is 5.02 Å². The molecule has 1 saturated heterocycles. The minimum Gasteiger partial charge on any atom is -0.346 e. The molecule has 2 aliphatic rings. The van der Waals surface area contributed by atoms with Gasteiger partial charge in [0.1, 0.15) is 5.82 Å². The summed E-state index contributed by atoms with van der Waals surface area (Å²) in [5.41, 5.74) is 0.728. The molecule has 1 aromatic carbocycles. The zero-order chi connectivity index (χ0) is 17.4. The number of aromatic nitrogens is 3. The van der Waals surface area contributed by atoms with Gasteiger partial charge in [0.2, 0.25) is 5.82 Å². The molecular weight excluding hydrogens is 338 g/mol. The molecule has 132 valence electrons. The number of rotatable bonds is 4. The summed E-state index contributed by atoms with van der Waals surface area (Å²) in [4.78, 5) is 19.4. The molecule has 2 fully saturated rings. The van der Waals surface area contributed by atoms with Gasteiger partial charge in [-0.1, -0.05) is 23.7 Å². The van der Waals surface area contributed by atoms with E-state index in [4.69, 9.17) is 11.6 Å². The van der Waals surface area contributed by atoms with E-state index in [1.807, 2.05) is 25.1 Å². The SMILES string of the molecule is Cc1nc(C(=O)NC2CCN(C3CC3)CC2)nn1-c1ccccc1Cl. The Balaban J connectivity index is 1.43. The molecule has 0 bridgehead atoms. The Morgan fingerprint density at radius 2 is 1.92 bits per heavy atom. The molecule has 2 aromatic rings. The van der Waals surface area contributed by atoms with Gasteiger partial charge in [0.05, 0.1) is 10.7 Å². The van der Waals surface area contributed by atoms with Gasteiger partial charge >= 0.3 is 0 Å². The average Bonchev–Trinajstić information content (AvgIpc) is 3.38. The van der Waals surface area contributed by atoms with E-state index >= 15 is 0 Å². The fourth-order valence-electron chi connectivity index (χ4n) is 3.44. The van der Waals surface area contributed by atoms with E-state index in [1.165, 1.54) is 12.8 Å². The van der Waals surface area contributed by atoms with Gasteiger partial charge in [0.15, 0.2) is 0 Å². The monoisotopic (exact) mass is 359 g/mol. The molecule has 0 radical (unpaired) electrons. The van der Waals surface area contributed by atoms with Crippen LogP contribution < -0.4 is 5.32 Å². The number of nitrogens with zero attached hydrogens (tertiary/aromatic N) is 4. The minimum absolute atomic E-state index is 0.196. The lowest BCUT2D eigenvalue weighted by atomic mass is 10.0. The molecule has 0 unspecified atom stereocenters. The first-order valence-electron chi connectivity index (χ1n) is 8.85. The first-order chi connectivity index (χ1) is 12.1. The molecule has 6 nitrogen and oxygen atoms in total. The largest absolute Gasteiger partial charge is 0.346 e. The van der Waals surface area contributed by atoms with Crippen LogP contribution in [0.4, 0.5) is 0 Å². The van der Waals surface area contributed by atoms with Crippen LogP contribution in [0.3, 0.4) is 0 Å². The van der Waals surface area contributed by atoms with Gasteiger partial charge in [-0.3, -0.25) is 4.79 Å². The maximum absolute atomic E-state index is 12.5. The highest BCUT2D eigenvalue weighted by atomic mass is 35.5. The maximum Gasteiger partial charge on any atom is 0.291 e. The molecular formula is C18H22ClN5O. The minimum atomic E-state index is -0.209. The molecule has 7 heteroatoms. The number of benzene rings is 1. The van der Waals surface area contributed by atoms with Crippen molar-refractivity contribution in [2.24, 2.45) is 0 Å². The molecule has 1 amide bonds. The van der Waals surface area contributed by atoms with Crippen molar-refractivity contribution in [3.8, 4) is 5.69 Å². The van der Waals surface area contributed by atoms with Crippen molar-refractivity contribution in [3.05, 3.63) is 40.9 Å². The smallest absolute Gasteiger partial charge is 0.291 e. The van der Waals surface area contributed by atoms with Crippen LogP contribution in [0.5, 0.6) is 0 Å². The number of amides is 1. The van der Waals surface area contributed by atoms with Crippen molar-refractivity contribution in [1.29, 1.82) is 0 Å². The summed E-state index contributed by atoms with van der Waals surface area (Å²) in [5.74, 6) is 0.627. The lowest BCUT2D eigenvalue weighted by Gasteiger charge is -2.32. The van der Waals surface area contributed by atoms with Crippen molar-refractivity contribution < 1.29 is 4.79 Å². The van der Waals surface area contributed by atoms with Gasteiger partial charge in [-0.25, -0.2) is 9.67 Å². The normalized spacial score (nSPS) is 19.1. The molecule has 0 spiro atoms. The van der Waals surface area contributed by atoms with Gasteiger partial charge in [-0.05, 0) is 44.7 Å². The third-order valence-corrected chi connectivity index (χ3v) is 5.30. The number of carbonyl (C=O) groups excluding carboxylic acids is 1. The maximum atomic E-state index is 12.5. The predicted octanol–water partition coefficient (Wildman–Crippen LogP) is 2.59. The van der Waals surface area contributed by atoms with Crippen LogP contribution in [-0.2, 0) is 0 Å². The summed E-state index contributed by atoms with van der Waals surface area (Å²) in [7, 11) is 0. The zero-order valence-electron chi connectivity index (χ0n) is 14.3. The van der Waals surface area contributed by atoms with E-state index in [0.717, 1.165) is 37.7 Å². The number of likely N-dealkylation sites (tertiary alicyclic amines) is 1. The lowest BCUT2D eigenvalue weighted by molar-refractivity contribution is 0.0898. The predicted molar refractivity (Wildman–Crippen MR) is 96.2 cm³/mol. The molecule has 1 aliphatic carbocycles. The second-order valence-electron chi connectivity index (χ2n) is 6.86. The average molecular weight is 360 g/mol. The third-order valence-electron chi connectivity index (χ3n) is 4.98. The summed E-state index contributed by atoms with van der Waals surface area (Å²) in [6, 6.07) is 8.41. The Morgan fingerprint density at radius 1 is 1.20 bits per heavy atom. The van der Waals surface area contributed by atoms with Gasteiger partial charge in [0.25, 0.3) is 5.91 Å². The van der Waals surface area contributed by atoms with Crippen LogP contribution in [0.1, 0.15) is 42.1 Å². The van der Waals surface area contributed by atoms with Crippen molar-refractivity contribution >= 4 is 17.5 Å². The second kappa shape index (κ2) is 6.77. The summed E-state index contributed by atoms with van der Waals surface area (Å²) in [5, 5.41) is 8.02. The number of para-hydroxylation sites is 1. The number of carbonyl (C=O) groups is 1. The van der Waals surface area contributed by atoms with Crippen molar-refractivity contribution in [3.63, 3.8) is 0 Å². The second-order valence-corrected chi connectivity index (χ2v) is 7.27. The van der Waals surface area contributed by atoms with E-state index in [2.05, 4.69) is 20.3 Å². The van der Waals surface area contributed by atoms with Crippen LogP contribution in [0.15, 0.2) is 24.3 Å². The van der Waals surface area contributed by atoms with Crippen LogP contribution in [0, 0.1) is 6.92 Å². The first kappa shape index (κ1) is 16.5. The number of nitrogens with one attached hydrogen (secondary N) is 1. The number of hydrogen-bond donors (Lipinski definition) is 1. The summed E-state index contributed by atoms with van der Waals surface area (Å²) >= 11 is 6.23. The first-order valence-corrected chi connectivity index (χ1v) is 9.23. The fourth-order valence-corrected chi connectivity index (χ4v) is 3.65. The molecule has 2 heterocycles. The summed E-state index contributed by atoms with van der Waals surface area (Å²) in [6.07, 6.45) is 4.65. The highest BCUT2D eigenvalue weighted by molar-refractivity contribution is 6.32. The van der Waals surface area contributed by atoms with E-state index in [9.17, 15) is 4.79 Å². The summed E-state index contributed by atoms with van der Waals surface area (Å²) < 4.78 is 1.62. The van der Waals surface area contributed by atoms with E-state index < -0.39 is 0 Å². The zero-order valence-corrected chi connectivity index (χ0v) is 15.0. The van der Waals surface area contributed by atoms with E-state index in [0.29, 0.717) is 10.8 Å². The van der Waals surface area contributed by atoms with Crippen molar-refractivity contribution in [1.82, 2.24) is 25.0 Å². The van der Waals surface area contributed by atoms with E-state index in [1.54, 1.807) is 10.7 Å². The van der Waals surface area contributed by atoms with Gasteiger partial charge in [-0.2, -0.15) is 0 Å². The molecule has 1 N–H and O–H groups in total. The Morgan fingerprint density at radius 3 is 2.60 bits per heavy atom. The Bertz CT molecular complexity index is 778. The van der Waals surface area contributed by atoms with Crippen LogP contribution in [-0.4, -0.2) is 50.7 Å². The fraction of sp³-hybridized carbons (Fsp3) is 0.500. The topological polar surface area (TPSA) is 63.1 Å². The lowest BCUT2D eigenvalue weighted by Crippen LogP contribution is -2.45. The van der Waals surface area contributed by atoms with Crippen LogP contribution in [0.25, 0.3) is 5.69 Å². The Hall–Kier alpha value is -1.92. The number of aryl methyl sites for hydroxylation is 1. The molecule has 4 rings (SSSR count). The highest BCUT2D eigenvalue weighted by Gasteiger charge is 2.32. The molecule has 1 aromatic heterocycles. The van der Waals surface area contributed by atoms with Gasteiger partial charge in [0, 0.05) is 25.2 Å². The standard InChI is InChI=1S/C18H22ClN5O/c1-12-20-17(22-24(12)16-5-3-2-4-15(16)19)18(25)21-13-8-10-23(11-9-13)14-6-7-14/h2-5,13-14H,6-11H2,1H3,(H,21,25). The van der Waals surface area contributed by atoms with Crippen molar-refractivity contribution in [2.75, 3.05) is 13.1 Å². The Labute approximate surface area is 152 Å². The molecule has 0 atom stereocenters. The summed E-state index contributed by atoms with van der Waals surface area (Å²) in [6.45, 7) is 3.95. The van der Waals surface area contributed by atoms with Crippen LogP contribution >= 0.6 is 11.6 Å². The quantitative estimate of drug-likeness (QED) is 0.911. The number of piperidine rings is 1. The third kappa shape index (κ3) is 3.55. The van der Waals surface area contributed by atoms with Gasteiger partial charge in [-0.15, -0.1) is 5.10 Å². The highest BCUT2D eigenvalue weighted by Crippen LogP contribution is 2.29. The molecule has 1 aliphatic heterocycles. The van der Waals surface area contributed by atoms with Gasteiger partial charge < -0.3 is 10.2 Å². The van der Waals surface area contributed by atoms with Crippen molar-refractivity contribution in [2.45, 2.75) is 44.7 Å². The molecule has 25 heavy (non-hydrogen) atoms. The number of halogens is 1. The van der Waals surface area contributed by atoms with E-state index in [-0.39, 0.29) is 17.8 Å².